The molecule has 0 radical (unpaired) electrons. The molecule has 0 aliphatic heterocycles. The van der Waals surface area contributed by atoms with E-state index in [-0.39, 0.29) is 22.6 Å². The van der Waals surface area contributed by atoms with Gasteiger partial charge < -0.3 is 9.63 Å². The second-order valence-electron chi connectivity index (χ2n) is 5.41. The van der Waals surface area contributed by atoms with E-state index in [1.807, 2.05) is 0 Å². The zero-order valence-corrected chi connectivity index (χ0v) is 12.8. The summed E-state index contributed by atoms with van der Waals surface area (Å²) in [4.78, 5) is 11.5. The number of carboxylic acid groups (broad SMARTS) is 1. The van der Waals surface area contributed by atoms with Crippen molar-refractivity contribution in [1.82, 2.24) is 5.16 Å². The molecule has 0 spiro atoms. The third-order valence-corrected chi connectivity index (χ3v) is 3.26. The number of carboxylic acids is 1. The van der Waals surface area contributed by atoms with Gasteiger partial charge >= 0.3 is 5.97 Å². The van der Waals surface area contributed by atoms with Gasteiger partial charge in [-0.25, -0.2) is 9.18 Å². The molecule has 1 aromatic heterocycles. The Labute approximate surface area is 123 Å². The molecule has 0 bridgehead atoms. The summed E-state index contributed by atoms with van der Waals surface area (Å²) in [6, 6.07) is 4.26. The fourth-order valence-electron chi connectivity index (χ4n) is 1.86. The van der Waals surface area contributed by atoms with Gasteiger partial charge in [0.15, 0.2) is 5.76 Å². The first kappa shape index (κ1) is 14.7. The summed E-state index contributed by atoms with van der Waals surface area (Å²) in [5.74, 6) is -1.52. The number of carbonyl (C=O) groups is 1. The van der Waals surface area contributed by atoms with Crippen LogP contribution in [0.2, 0.25) is 0 Å². The van der Waals surface area contributed by atoms with Gasteiger partial charge in [0, 0.05) is 15.5 Å². The van der Waals surface area contributed by atoms with Crippen LogP contribution in [0, 0.1) is 5.82 Å². The normalized spacial score (nSPS) is 11.7. The summed E-state index contributed by atoms with van der Waals surface area (Å²) < 4.78 is 19.7. The monoisotopic (exact) mass is 341 g/mol. The molecule has 0 atom stereocenters. The molecule has 0 fully saturated rings. The Morgan fingerprint density at radius 2 is 2.05 bits per heavy atom. The molecule has 6 heteroatoms. The van der Waals surface area contributed by atoms with Crippen molar-refractivity contribution in [3.05, 3.63) is 39.8 Å². The molecule has 106 valence electrons. The van der Waals surface area contributed by atoms with E-state index in [9.17, 15) is 14.3 Å². The smallest absolute Gasteiger partial charge is 0.341 e. The second kappa shape index (κ2) is 5.01. The molecule has 2 aromatic rings. The average molecular weight is 342 g/mol. The lowest BCUT2D eigenvalue weighted by molar-refractivity contribution is 0.0693. The molecule has 1 aromatic carbocycles. The van der Waals surface area contributed by atoms with Crippen molar-refractivity contribution in [2.45, 2.75) is 26.2 Å². The quantitative estimate of drug-likeness (QED) is 0.887. The SMILES string of the molecule is CC(C)(C)c1onc(-c2cc(Br)ccc2F)c1C(=O)O. The van der Waals surface area contributed by atoms with Gasteiger partial charge in [-0.2, -0.15) is 0 Å². The maximum absolute atomic E-state index is 13.9. The zero-order valence-electron chi connectivity index (χ0n) is 11.2. The predicted octanol–water partition coefficient (Wildman–Crippen LogP) is 4.24. The lowest BCUT2D eigenvalue weighted by atomic mass is 9.89. The highest BCUT2D eigenvalue weighted by atomic mass is 79.9. The summed E-state index contributed by atoms with van der Waals surface area (Å²) in [6.07, 6.45) is 0. The number of benzene rings is 1. The molecular weight excluding hydrogens is 329 g/mol. The number of nitrogens with zero attached hydrogens (tertiary/aromatic N) is 1. The van der Waals surface area contributed by atoms with Gasteiger partial charge in [0.05, 0.1) is 0 Å². The Hall–Kier alpha value is -1.69. The molecular formula is C14H13BrFNO3. The van der Waals surface area contributed by atoms with E-state index in [4.69, 9.17) is 4.52 Å². The number of halogens is 2. The molecule has 4 nitrogen and oxygen atoms in total. The van der Waals surface area contributed by atoms with Crippen LogP contribution in [0.5, 0.6) is 0 Å². The Morgan fingerprint density at radius 3 is 2.60 bits per heavy atom. The maximum atomic E-state index is 13.9. The van der Waals surface area contributed by atoms with Crippen molar-refractivity contribution in [3.63, 3.8) is 0 Å². The molecule has 20 heavy (non-hydrogen) atoms. The van der Waals surface area contributed by atoms with Crippen molar-refractivity contribution >= 4 is 21.9 Å². The molecule has 2 rings (SSSR count). The number of aromatic nitrogens is 1. The van der Waals surface area contributed by atoms with Crippen LogP contribution in [-0.2, 0) is 5.41 Å². The van der Waals surface area contributed by atoms with E-state index in [1.54, 1.807) is 20.8 Å². The Kier molecular flexibility index (Phi) is 3.69. The highest BCUT2D eigenvalue weighted by Crippen LogP contribution is 2.35. The molecule has 0 aliphatic rings. The maximum Gasteiger partial charge on any atom is 0.341 e. The third-order valence-electron chi connectivity index (χ3n) is 2.77. The highest BCUT2D eigenvalue weighted by Gasteiger charge is 2.32. The lowest BCUT2D eigenvalue weighted by Gasteiger charge is -2.14. The van der Waals surface area contributed by atoms with Crippen LogP contribution in [0.25, 0.3) is 11.3 Å². The first-order chi connectivity index (χ1) is 9.21. The van der Waals surface area contributed by atoms with Crippen molar-refractivity contribution in [3.8, 4) is 11.3 Å². The summed E-state index contributed by atoms with van der Waals surface area (Å²) >= 11 is 3.23. The minimum atomic E-state index is -1.19. The number of hydrogen-bond donors (Lipinski definition) is 1. The van der Waals surface area contributed by atoms with Crippen LogP contribution >= 0.6 is 15.9 Å². The van der Waals surface area contributed by atoms with Gasteiger partial charge in [-0.15, -0.1) is 0 Å². The lowest BCUT2D eigenvalue weighted by Crippen LogP contribution is -2.15. The largest absolute Gasteiger partial charge is 0.477 e. The fourth-order valence-corrected chi connectivity index (χ4v) is 2.22. The van der Waals surface area contributed by atoms with Gasteiger partial charge in [-0.1, -0.05) is 41.9 Å². The standard InChI is InChI=1S/C14H13BrFNO3/c1-14(2,3)12-10(13(18)19)11(17-20-12)8-6-7(15)4-5-9(8)16/h4-6H,1-3H3,(H,18,19). The molecule has 0 aliphatic carbocycles. The number of aromatic carboxylic acids is 1. The first-order valence-electron chi connectivity index (χ1n) is 5.90. The average Bonchev–Trinajstić information content (AvgIpc) is 2.76. The zero-order chi connectivity index (χ0) is 15.1. The molecule has 1 N–H and O–H groups in total. The van der Waals surface area contributed by atoms with Crippen molar-refractivity contribution in [2.75, 3.05) is 0 Å². The van der Waals surface area contributed by atoms with Crippen molar-refractivity contribution in [1.29, 1.82) is 0 Å². The molecule has 1 heterocycles. The Morgan fingerprint density at radius 1 is 1.40 bits per heavy atom. The second-order valence-corrected chi connectivity index (χ2v) is 6.33. The van der Waals surface area contributed by atoms with Crippen LogP contribution in [0.1, 0.15) is 36.9 Å². The van der Waals surface area contributed by atoms with Crippen LogP contribution in [0.15, 0.2) is 27.2 Å². The van der Waals surface area contributed by atoms with Crippen LogP contribution < -0.4 is 0 Å². The van der Waals surface area contributed by atoms with Gasteiger partial charge in [0.25, 0.3) is 0 Å². The van der Waals surface area contributed by atoms with Crippen LogP contribution in [0.3, 0.4) is 0 Å². The molecule has 0 saturated heterocycles. The minimum absolute atomic E-state index is 0.00113. The van der Waals surface area contributed by atoms with E-state index in [2.05, 4.69) is 21.1 Å². The van der Waals surface area contributed by atoms with Crippen molar-refractivity contribution < 1.29 is 18.8 Å². The topological polar surface area (TPSA) is 63.3 Å². The molecule has 0 amide bonds. The van der Waals surface area contributed by atoms with Crippen molar-refractivity contribution in [2.24, 2.45) is 0 Å². The van der Waals surface area contributed by atoms with Gasteiger partial charge in [0.2, 0.25) is 0 Å². The Bertz CT molecular complexity index is 674. The van der Waals surface area contributed by atoms with Gasteiger partial charge in [0.1, 0.15) is 17.1 Å². The molecule has 0 saturated carbocycles. The van der Waals surface area contributed by atoms with E-state index in [1.165, 1.54) is 18.2 Å². The fraction of sp³-hybridized carbons (Fsp3) is 0.286. The number of hydrogen-bond acceptors (Lipinski definition) is 3. The highest BCUT2D eigenvalue weighted by molar-refractivity contribution is 9.10. The van der Waals surface area contributed by atoms with Crippen LogP contribution in [0.4, 0.5) is 4.39 Å². The summed E-state index contributed by atoms with van der Waals surface area (Å²) in [7, 11) is 0. The summed E-state index contributed by atoms with van der Waals surface area (Å²) in [5.41, 5.74) is -0.548. The van der Waals surface area contributed by atoms with Gasteiger partial charge in [-0.05, 0) is 18.2 Å². The van der Waals surface area contributed by atoms with E-state index in [0.717, 1.165) is 0 Å². The van der Waals surface area contributed by atoms with Crippen LogP contribution in [-0.4, -0.2) is 16.2 Å². The summed E-state index contributed by atoms with van der Waals surface area (Å²) in [5, 5.41) is 13.1. The van der Waals surface area contributed by atoms with E-state index >= 15 is 0 Å². The number of rotatable bonds is 2. The predicted molar refractivity (Wildman–Crippen MR) is 75.3 cm³/mol. The third kappa shape index (κ3) is 2.60. The first-order valence-corrected chi connectivity index (χ1v) is 6.70. The molecule has 0 unspecified atom stereocenters. The Balaban J connectivity index is 2.73. The summed E-state index contributed by atoms with van der Waals surface area (Å²) in [6.45, 7) is 5.42. The van der Waals surface area contributed by atoms with Gasteiger partial charge in [-0.3, -0.25) is 0 Å². The minimum Gasteiger partial charge on any atom is -0.477 e. The van der Waals surface area contributed by atoms with E-state index < -0.39 is 17.2 Å². The van der Waals surface area contributed by atoms with E-state index in [0.29, 0.717) is 4.47 Å².